The van der Waals surface area contributed by atoms with Gasteiger partial charge in [-0.05, 0) is 31.5 Å². The molecule has 1 aliphatic rings. The average Bonchev–Trinajstić information content (AvgIpc) is 2.85. The van der Waals surface area contributed by atoms with Crippen molar-refractivity contribution in [1.82, 2.24) is 9.88 Å². The van der Waals surface area contributed by atoms with Crippen molar-refractivity contribution in [2.45, 2.75) is 37.7 Å². The maximum absolute atomic E-state index is 5.82. The number of hydrogen-bond donors (Lipinski definition) is 0. The summed E-state index contributed by atoms with van der Waals surface area (Å²) < 4.78 is 0. The van der Waals surface area contributed by atoms with E-state index in [1.54, 1.807) is 11.3 Å². The molecule has 0 spiro atoms. The van der Waals surface area contributed by atoms with Crippen LogP contribution < -0.4 is 0 Å². The monoisotopic (exact) mass is 306 g/mol. The molecule has 1 aliphatic carbocycles. The lowest BCUT2D eigenvalue weighted by Gasteiger charge is -2.34. The summed E-state index contributed by atoms with van der Waals surface area (Å²) in [5.74, 6) is 0.487. The molecule has 1 aromatic carbocycles. The number of alkyl halides is 1. The van der Waals surface area contributed by atoms with Crippen molar-refractivity contribution in [3.8, 4) is 10.6 Å². The van der Waals surface area contributed by atoms with E-state index in [1.807, 2.05) is 5.38 Å². The molecule has 1 saturated carbocycles. The van der Waals surface area contributed by atoms with Crippen LogP contribution in [0, 0.1) is 0 Å². The highest BCUT2D eigenvalue weighted by Crippen LogP contribution is 2.27. The minimum Gasteiger partial charge on any atom is -0.299 e. The molecule has 106 valence electrons. The molecule has 0 atom stereocenters. The second kappa shape index (κ2) is 6.25. The highest BCUT2D eigenvalue weighted by Gasteiger charge is 2.21. The van der Waals surface area contributed by atoms with Crippen LogP contribution in [0.3, 0.4) is 0 Å². The number of aromatic nitrogens is 1. The van der Waals surface area contributed by atoms with Crippen LogP contribution in [0.2, 0.25) is 0 Å². The second-order valence-electron chi connectivity index (χ2n) is 5.48. The lowest BCUT2D eigenvalue weighted by molar-refractivity contribution is 0.152. The van der Waals surface area contributed by atoms with Crippen LogP contribution in [0.5, 0.6) is 0 Å². The molecule has 0 amide bonds. The van der Waals surface area contributed by atoms with Crippen molar-refractivity contribution >= 4 is 22.9 Å². The van der Waals surface area contributed by atoms with E-state index in [4.69, 9.17) is 11.6 Å². The highest BCUT2D eigenvalue weighted by atomic mass is 35.5. The van der Waals surface area contributed by atoms with Crippen molar-refractivity contribution in [2.24, 2.45) is 0 Å². The molecule has 1 fully saturated rings. The van der Waals surface area contributed by atoms with Crippen LogP contribution in [-0.2, 0) is 12.4 Å². The van der Waals surface area contributed by atoms with Crippen LogP contribution in [-0.4, -0.2) is 23.0 Å². The topological polar surface area (TPSA) is 16.1 Å². The number of hydrogen-bond acceptors (Lipinski definition) is 3. The second-order valence-corrected chi connectivity index (χ2v) is 6.60. The van der Waals surface area contributed by atoms with Gasteiger partial charge in [-0.25, -0.2) is 4.98 Å². The van der Waals surface area contributed by atoms with Crippen molar-refractivity contribution in [3.63, 3.8) is 0 Å². The number of rotatable bonds is 5. The first-order chi connectivity index (χ1) is 9.76. The molecule has 2 aromatic rings. The van der Waals surface area contributed by atoms with Gasteiger partial charge in [-0.3, -0.25) is 4.90 Å². The Kier molecular flexibility index (Phi) is 4.39. The van der Waals surface area contributed by atoms with Crippen molar-refractivity contribution < 1.29 is 0 Å². The average molecular weight is 307 g/mol. The van der Waals surface area contributed by atoms with Gasteiger partial charge in [0.05, 0.1) is 11.6 Å². The number of nitrogens with zero attached hydrogens (tertiary/aromatic N) is 2. The van der Waals surface area contributed by atoms with Gasteiger partial charge in [0.25, 0.3) is 0 Å². The summed E-state index contributed by atoms with van der Waals surface area (Å²) in [4.78, 5) is 7.02. The van der Waals surface area contributed by atoms with E-state index in [-0.39, 0.29) is 0 Å². The Hall–Kier alpha value is -0.900. The lowest BCUT2D eigenvalue weighted by Crippen LogP contribution is -2.36. The fraction of sp³-hybridized carbons (Fsp3) is 0.438. The standard InChI is InChI=1S/C16H19ClN2S/c1-19(15-6-3-7-15)10-12-4-2-5-13(8-12)16-18-14(9-17)11-20-16/h2,4-5,8,11,15H,3,6-7,9-10H2,1H3. The summed E-state index contributed by atoms with van der Waals surface area (Å²) in [5.41, 5.74) is 3.52. The third-order valence-corrected chi connectivity index (χ3v) is 5.21. The van der Waals surface area contributed by atoms with E-state index in [9.17, 15) is 0 Å². The van der Waals surface area contributed by atoms with Gasteiger partial charge in [0, 0.05) is 23.5 Å². The van der Waals surface area contributed by atoms with Crippen molar-refractivity contribution in [3.05, 3.63) is 40.9 Å². The summed E-state index contributed by atoms with van der Waals surface area (Å²) in [6.07, 6.45) is 4.08. The van der Waals surface area contributed by atoms with Crippen LogP contribution >= 0.6 is 22.9 Å². The van der Waals surface area contributed by atoms with E-state index in [2.05, 4.69) is 41.2 Å². The first-order valence-corrected chi connectivity index (χ1v) is 8.47. The maximum atomic E-state index is 5.82. The van der Waals surface area contributed by atoms with Gasteiger partial charge in [-0.15, -0.1) is 22.9 Å². The predicted molar refractivity (Wildman–Crippen MR) is 86.2 cm³/mol. The molecule has 0 N–H and O–H groups in total. The fourth-order valence-electron chi connectivity index (χ4n) is 2.55. The van der Waals surface area contributed by atoms with E-state index in [0.29, 0.717) is 5.88 Å². The molecular weight excluding hydrogens is 288 g/mol. The molecule has 20 heavy (non-hydrogen) atoms. The number of benzene rings is 1. The van der Waals surface area contributed by atoms with Crippen LogP contribution in [0.25, 0.3) is 10.6 Å². The maximum Gasteiger partial charge on any atom is 0.123 e. The van der Waals surface area contributed by atoms with Gasteiger partial charge in [0.1, 0.15) is 5.01 Å². The minimum absolute atomic E-state index is 0.487. The quantitative estimate of drug-likeness (QED) is 0.754. The summed E-state index contributed by atoms with van der Waals surface area (Å²) in [6.45, 7) is 1.02. The lowest BCUT2D eigenvalue weighted by atomic mass is 9.91. The first kappa shape index (κ1) is 14.1. The Bertz CT molecular complexity index is 577. The third-order valence-electron chi connectivity index (χ3n) is 3.99. The zero-order chi connectivity index (χ0) is 13.9. The molecule has 0 unspecified atom stereocenters. The van der Waals surface area contributed by atoms with E-state index < -0.39 is 0 Å². The third kappa shape index (κ3) is 3.05. The van der Waals surface area contributed by atoms with Crippen molar-refractivity contribution in [2.75, 3.05) is 7.05 Å². The van der Waals surface area contributed by atoms with Gasteiger partial charge in [0.15, 0.2) is 0 Å². The molecule has 3 rings (SSSR count). The first-order valence-electron chi connectivity index (χ1n) is 7.06. The zero-order valence-corrected chi connectivity index (χ0v) is 13.3. The summed E-state index contributed by atoms with van der Waals surface area (Å²) in [5, 5.41) is 3.10. The summed E-state index contributed by atoms with van der Waals surface area (Å²) in [7, 11) is 2.23. The Balaban J connectivity index is 1.74. The largest absolute Gasteiger partial charge is 0.299 e. The smallest absolute Gasteiger partial charge is 0.123 e. The van der Waals surface area contributed by atoms with E-state index in [1.165, 1.54) is 30.4 Å². The van der Waals surface area contributed by atoms with Crippen molar-refractivity contribution in [1.29, 1.82) is 0 Å². The Morgan fingerprint density at radius 1 is 1.40 bits per heavy atom. The van der Waals surface area contributed by atoms with Gasteiger partial charge in [0.2, 0.25) is 0 Å². The van der Waals surface area contributed by atoms with Gasteiger partial charge in [-0.2, -0.15) is 0 Å². The summed E-state index contributed by atoms with van der Waals surface area (Å²) >= 11 is 7.49. The van der Waals surface area contributed by atoms with Crippen LogP contribution in [0.1, 0.15) is 30.5 Å². The summed E-state index contributed by atoms with van der Waals surface area (Å²) in [6, 6.07) is 9.49. The van der Waals surface area contributed by atoms with Crippen LogP contribution in [0.4, 0.5) is 0 Å². The molecule has 0 saturated heterocycles. The normalized spacial score (nSPS) is 15.6. The predicted octanol–water partition coefficient (Wildman–Crippen LogP) is 4.53. The van der Waals surface area contributed by atoms with E-state index >= 15 is 0 Å². The molecular formula is C16H19ClN2S. The molecule has 2 nitrogen and oxygen atoms in total. The minimum atomic E-state index is 0.487. The molecule has 1 heterocycles. The number of halogens is 1. The molecule has 0 radical (unpaired) electrons. The molecule has 0 bridgehead atoms. The van der Waals surface area contributed by atoms with E-state index in [0.717, 1.165) is 23.3 Å². The fourth-order valence-corrected chi connectivity index (χ4v) is 3.59. The Morgan fingerprint density at radius 2 is 2.25 bits per heavy atom. The zero-order valence-electron chi connectivity index (χ0n) is 11.7. The van der Waals surface area contributed by atoms with Crippen LogP contribution in [0.15, 0.2) is 29.6 Å². The SMILES string of the molecule is CN(Cc1cccc(-c2nc(CCl)cs2)c1)C1CCC1. The molecule has 1 aromatic heterocycles. The number of thiazole rings is 1. The van der Waals surface area contributed by atoms with Gasteiger partial charge in [-0.1, -0.05) is 24.6 Å². The highest BCUT2D eigenvalue weighted by molar-refractivity contribution is 7.13. The molecule has 4 heteroatoms. The molecule has 0 aliphatic heterocycles. The van der Waals surface area contributed by atoms with Gasteiger partial charge < -0.3 is 0 Å². The Morgan fingerprint density at radius 3 is 2.90 bits per heavy atom. The Labute approximate surface area is 129 Å². The van der Waals surface area contributed by atoms with Gasteiger partial charge >= 0.3 is 0 Å².